The van der Waals surface area contributed by atoms with Gasteiger partial charge < -0.3 is 14.6 Å². The van der Waals surface area contributed by atoms with E-state index in [4.69, 9.17) is 4.42 Å². The van der Waals surface area contributed by atoms with Crippen molar-refractivity contribution in [3.8, 4) is 0 Å². The Morgan fingerprint density at radius 1 is 1.25 bits per heavy atom. The molecule has 0 saturated carbocycles. The maximum absolute atomic E-state index is 13.8. The summed E-state index contributed by atoms with van der Waals surface area (Å²) in [6, 6.07) is 12.5. The summed E-state index contributed by atoms with van der Waals surface area (Å²) in [4.78, 5) is 33.3. The molecule has 4 heterocycles. The molecule has 1 N–H and O–H groups in total. The third-order valence-electron chi connectivity index (χ3n) is 6.63. The monoisotopic (exact) mass is 427 g/mol. The van der Waals surface area contributed by atoms with Crippen LogP contribution in [0.25, 0.3) is 11.1 Å². The molecule has 2 unspecified atom stereocenters. The lowest BCUT2D eigenvalue weighted by molar-refractivity contribution is -0.121. The van der Waals surface area contributed by atoms with Crippen LogP contribution in [0.3, 0.4) is 0 Å². The van der Waals surface area contributed by atoms with Gasteiger partial charge >= 0.3 is 0 Å². The fourth-order valence-corrected chi connectivity index (χ4v) is 5.29. The molecule has 2 aromatic heterocycles. The number of aromatic nitrogens is 3. The van der Waals surface area contributed by atoms with Crippen LogP contribution in [0.4, 0.5) is 5.69 Å². The quantitative estimate of drug-likeness (QED) is 0.530. The summed E-state index contributed by atoms with van der Waals surface area (Å²) in [6.07, 6.45) is 4.16. The van der Waals surface area contributed by atoms with E-state index >= 15 is 0 Å². The summed E-state index contributed by atoms with van der Waals surface area (Å²) >= 11 is 0. The van der Waals surface area contributed by atoms with Gasteiger partial charge in [0.2, 0.25) is 5.91 Å². The van der Waals surface area contributed by atoms with Crippen molar-refractivity contribution in [3.63, 3.8) is 0 Å². The van der Waals surface area contributed by atoms with E-state index < -0.39 is 11.5 Å². The third-order valence-corrected chi connectivity index (χ3v) is 6.63. The first-order valence-corrected chi connectivity index (χ1v) is 10.5. The Balaban J connectivity index is 1.49. The molecular formula is C24H21N5O3. The van der Waals surface area contributed by atoms with Gasteiger partial charge in [0, 0.05) is 43.5 Å². The van der Waals surface area contributed by atoms with Crippen LogP contribution in [-0.2, 0) is 17.3 Å². The van der Waals surface area contributed by atoms with Crippen molar-refractivity contribution < 1.29 is 14.0 Å². The number of carbonyl (C=O) groups is 2. The standard InChI is InChI=1S/C24H21N5O3/c1-14-26-19-8-7-15(11-20(19)32-14)22(30)29-10-9-24(21(29)16-12-25-28(2)13-16)17-5-3-4-6-18(17)27-23(24)31/h3-8,11-13,21H,9-10H2,1-2H3,(H,27,31). The molecular weight excluding hydrogens is 406 g/mol. The molecule has 2 amide bonds. The molecule has 160 valence electrons. The van der Waals surface area contributed by atoms with Gasteiger partial charge in [-0.05, 0) is 36.2 Å². The Hall–Kier alpha value is -3.94. The maximum atomic E-state index is 13.8. The highest BCUT2D eigenvalue weighted by atomic mass is 16.3. The number of amides is 2. The number of para-hydroxylation sites is 1. The van der Waals surface area contributed by atoms with Crippen molar-refractivity contribution in [2.45, 2.75) is 24.8 Å². The zero-order chi connectivity index (χ0) is 22.0. The highest BCUT2D eigenvalue weighted by Gasteiger charge is 2.59. The topological polar surface area (TPSA) is 93.3 Å². The number of carbonyl (C=O) groups excluding carboxylic acids is 2. The number of anilines is 1. The molecule has 2 aliphatic heterocycles. The van der Waals surface area contributed by atoms with Crippen LogP contribution >= 0.6 is 0 Å². The number of rotatable bonds is 2. The predicted octanol–water partition coefficient (Wildman–Crippen LogP) is 3.35. The Morgan fingerprint density at radius 2 is 2.09 bits per heavy atom. The van der Waals surface area contributed by atoms with E-state index in [-0.39, 0.29) is 11.8 Å². The van der Waals surface area contributed by atoms with E-state index in [1.165, 1.54) is 0 Å². The SMILES string of the molecule is Cc1nc2ccc(C(=O)N3CCC4(C(=O)Nc5ccccc54)C3c3cnn(C)c3)cc2o1. The molecule has 0 radical (unpaired) electrons. The number of oxazole rings is 1. The average molecular weight is 427 g/mol. The van der Waals surface area contributed by atoms with Gasteiger partial charge in [-0.3, -0.25) is 14.3 Å². The molecule has 4 aromatic rings. The second-order valence-corrected chi connectivity index (χ2v) is 8.48. The lowest BCUT2D eigenvalue weighted by Gasteiger charge is -2.33. The van der Waals surface area contributed by atoms with Crippen molar-refractivity contribution in [1.29, 1.82) is 0 Å². The molecule has 1 spiro atoms. The van der Waals surface area contributed by atoms with Crippen molar-refractivity contribution in [2.75, 3.05) is 11.9 Å². The number of hydrogen-bond donors (Lipinski definition) is 1. The minimum Gasteiger partial charge on any atom is -0.441 e. The van der Waals surface area contributed by atoms with Gasteiger partial charge in [0.15, 0.2) is 11.5 Å². The average Bonchev–Trinajstić information content (AvgIpc) is 3.53. The lowest BCUT2D eigenvalue weighted by atomic mass is 9.73. The molecule has 1 fully saturated rings. The Labute approximate surface area is 183 Å². The number of aryl methyl sites for hydroxylation is 2. The van der Waals surface area contributed by atoms with Crippen LogP contribution in [0.2, 0.25) is 0 Å². The van der Waals surface area contributed by atoms with E-state index in [0.29, 0.717) is 35.5 Å². The molecule has 8 nitrogen and oxygen atoms in total. The molecule has 0 bridgehead atoms. The van der Waals surface area contributed by atoms with Gasteiger partial charge in [-0.15, -0.1) is 0 Å². The molecule has 6 rings (SSSR count). The Morgan fingerprint density at radius 3 is 2.91 bits per heavy atom. The van der Waals surface area contributed by atoms with Gasteiger partial charge in [-0.2, -0.15) is 5.10 Å². The van der Waals surface area contributed by atoms with Crippen LogP contribution in [-0.4, -0.2) is 38.0 Å². The Kier molecular flexibility index (Phi) is 3.83. The lowest BCUT2D eigenvalue weighted by Crippen LogP contribution is -2.42. The normalized spacial score (nSPS) is 22.0. The largest absolute Gasteiger partial charge is 0.441 e. The van der Waals surface area contributed by atoms with Crippen molar-refractivity contribution in [1.82, 2.24) is 19.7 Å². The molecule has 2 aromatic carbocycles. The van der Waals surface area contributed by atoms with Crippen LogP contribution in [0, 0.1) is 6.92 Å². The summed E-state index contributed by atoms with van der Waals surface area (Å²) < 4.78 is 7.33. The van der Waals surface area contributed by atoms with Gasteiger partial charge in [-0.25, -0.2) is 4.98 Å². The second-order valence-electron chi connectivity index (χ2n) is 8.48. The minimum atomic E-state index is -0.859. The van der Waals surface area contributed by atoms with E-state index in [1.807, 2.05) is 37.5 Å². The van der Waals surface area contributed by atoms with E-state index in [0.717, 1.165) is 16.8 Å². The van der Waals surface area contributed by atoms with E-state index in [2.05, 4.69) is 15.4 Å². The van der Waals surface area contributed by atoms with Gasteiger partial charge in [-0.1, -0.05) is 18.2 Å². The van der Waals surface area contributed by atoms with Gasteiger partial charge in [0.25, 0.3) is 5.91 Å². The molecule has 2 aliphatic rings. The van der Waals surface area contributed by atoms with Crippen molar-refractivity contribution in [3.05, 3.63) is 77.4 Å². The summed E-state index contributed by atoms with van der Waals surface area (Å²) in [5.41, 5.74) is 3.50. The molecule has 8 heteroatoms. The number of likely N-dealkylation sites (tertiary alicyclic amines) is 1. The number of fused-ring (bicyclic) bond motifs is 3. The first kappa shape index (κ1) is 18.8. The van der Waals surface area contributed by atoms with Crippen LogP contribution in [0.1, 0.15) is 39.8 Å². The van der Waals surface area contributed by atoms with Crippen LogP contribution in [0.15, 0.2) is 59.3 Å². The fourth-order valence-electron chi connectivity index (χ4n) is 5.29. The highest BCUT2D eigenvalue weighted by Crippen LogP contribution is 2.54. The predicted molar refractivity (Wildman–Crippen MR) is 117 cm³/mol. The zero-order valence-corrected chi connectivity index (χ0v) is 17.7. The smallest absolute Gasteiger partial charge is 0.254 e. The zero-order valence-electron chi connectivity index (χ0n) is 17.7. The van der Waals surface area contributed by atoms with E-state index in [9.17, 15) is 9.59 Å². The summed E-state index contributed by atoms with van der Waals surface area (Å²) in [6.45, 7) is 2.23. The first-order chi connectivity index (χ1) is 15.5. The summed E-state index contributed by atoms with van der Waals surface area (Å²) in [5, 5.41) is 7.37. The highest BCUT2D eigenvalue weighted by molar-refractivity contribution is 6.08. The molecule has 2 atom stereocenters. The molecule has 0 aliphatic carbocycles. The number of hydrogen-bond acceptors (Lipinski definition) is 5. The van der Waals surface area contributed by atoms with Gasteiger partial charge in [0.1, 0.15) is 10.9 Å². The van der Waals surface area contributed by atoms with Crippen LogP contribution < -0.4 is 5.32 Å². The van der Waals surface area contributed by atoms with Gasteiger partial charge in [0.05, 0.1) is 12.2 Å². The van der Waals surface area contributed by atoms with Crippen molar-refractivity contribution >= 4 is 28.6 Å². The maximum Gasteiger partial charge on any atom is 0.254 e. The molecule has 1 saturated heterocycles. The van der Waals surface area contributed by atoms with Crippen molar-refractivity contribution in [2.24, 2.45) is 7.05 Å². The fraction of sp³-hybridized carbons (Fsp3) is 0.250. The van der Waals surface area contributed by atoms with Crippen LogP contribution in [0.5, 0.6) is 0 Å². The Bertz CT molecular complexity index is 1400. The second kappa shape index (κ2) is 6.53. The first-order valence-electron chi connectivity index (χ1n) is 10.5. The van der Waals surface area contributed by atoms with E-state index in [1.54, 1.807) is 40.9 Å². The third kappa shape index (κ3) is 2.49. The summed E-state index contributed by atoms with van der Waals surface area (Å²) in [5.74, 6) is 0.324. The minimum absolute atomic E-state index is 0.0795. The molecule has 32 heavy (non-hydrogen) atoms. The number of nitrogens with one attached hydrogen (secondary N) is 1. The number of benzene rings is 2. The summed E-state index contributed by atoms with van der Waals surface area (Å²) in [7, 11) is 1.83. The number of nitrogens with zero attached hydrogens (tertiary/aromatic N) is 4.